The smallest absolute Gasteiger partial charge is 0.262 e. The molecule has 2 aromatic carbocycles. The molecule has 0 spiro atoms. The van der Waals surface area contributed by atoms with Crippen molar-refractivity contribution in [2.24, 2.45) is 5.92 Å². The first-order valence-corrected chi connectivity index (χ1v) is 19.6. The number of thiazole rings is 1. The number of aliphatic hydroxyl groups is 1. The lowest BCUT2D eigenvalue weighted by molar-refractivity contribution is -0.142. The van der Waals surface area contributed by atoms with Gasteiger partial charge in [0.1, 0.15) is 22.9 Å². The minimum absolute atomic E-state index is 0.0417. The van der Waals surface area contributed by atoms with Crippen molar-refractivity contribution in [1.29, 1.82) is 0 Å². The van der Waals surface area contributed by atoms with Gasteiger partial charge in [0.2, 0.25) is 5.91 Å². The number of fused-ring (bicyclic) bond motifs is 1. The number of likely N-dealkylation sites (tertiary alicyclic amines) is 2. The number of piperidine rings is 2. The summed E-state index contributed by atoms with van der Waals surface area (Å²) >= 11 is 1.69. The summed E-state index contributed by atoms with van der Waals surface area (Å²) in [6.45, 7) is 3.33. The zero-order valence-corrected chi connectivity index (χ0v) is 32.2. The second-order valence-electron chi connectivity index (χ2n) is 14.9. The Bertz CT molecular complexity index is 2310. The van der Waals surface area contributed by atoms with Gasteiger partial charge >= 0.3 is 0 Å². The summed E-state index contributed by atoms with van der Waals surface area (Å²) in [6.07, 6.45) is 8.70. The number of carbonyl (C=O) groups excluding carboxylic acids is 1. The summed E-state index contributed by atoms with van der Waals surface area (Å²) in [5.74, 6) is 1.68. The van der Waals surface area contributed by atoms with E-state index in [1.807, 2.05) is 95.6 Å². The van der Waals surface area contributed by atoms with Crippen molar-refractivity contribution in [1.82, 2.24) is 33.9 Å². The van der Waals surface area contributed by atoms with Crippen molar-refractivity contribution in [2.45, 2.75) is 43.9 Å². The van der Waals surface area contributed by atoms with Crippen LogP contribution in [0.5, 0.6) is 5.75 Å². The number of hydrogen-bond acceptors (Lipinski definition) is 10. The average molecular weight is 759 g/mol. The number of amides is 1. The molecule has 1 N–H and O–H groups in total. The van der Waals surface area contributed by atoms with E-state index in [-0.39, 0.29) is 29.8 Å². The Morgan fingerprint density at radius 3 is 2.45 bits per heavy atom. The van der Waals surface area contributed by atoms with Crippen LogP contribution in [0.25, 0.3) is 27.3 Å². The largest absolute Gasteiger partial charge is 0.497 e. The van der Waals surface area contributed by atoms with Gasteiger partial charge in [0.05, 0.1) is 24.6 Å². The topological polar surface area (TPSA) is 122 Å². The van der Waals surface area contributed by atoms with Crippen molar-refractivity contribution >= 4 is 34.1 Å². The molecule has 55 heavy (non-hydrogen) atoms. The SMILES string of the molecule is COc1ccc(-n2ccc3c(=O)n(CC4(O)CCN(C(=O)[C@@H]5CCN(Cc6cnc(-c7ccc(N(C)C)nc7)s6)C[C@H]5c5ccccc5)CC4)cnc32)cc1. The highest BCUT2D eigenvalue weighted by Crippen LogP contribution is 2.37. The number of nitrogens with zero attached hydrogens (tertiary/aromatic N) is 8. The molecule has 8 rings (SSSR count). The molecule has 2 aliphatic heterocycles. The summed E-state index contributed by atoms with van der Waals surface area (Å²) in [7, 11) is 5.58. The summed E-state index contributed by atoms with van der Waals surface area (Å²) in [6, 6.07) is 23.8. The predicted molar refractivity (Wildman–Crippen MR) is 215 cm³/mol. The van der Waals surface area contributed by atoms with Crippen LogP contribution in [0.3, 0.4) is 0 Å². The maximum absolute atomic E-state index is 14.3. The zero-order chi connectivity index (χ0) is 38.1. The fourth-order valence-electron chi connectivity index (χ4n) is 7.98. The molecule has 6 heterocycles. The summed E-state index contributed by atoms with van der Waals surface area (Å²) < 4.78 is 8.65. The van der Waals surface area contributed by atoms with Crippen LogP contribution in [0.4, 0.5) is 5.82 Å². The number of anilines is 1. The van der Waals surface area contributed by atoms with Crippen LogP contribution >= 0.6 is 11.3 Å². The first-order chi connectivity index (χ1) is 26.7. The van der Waals surface area contributed by atoms with E-state index in [9.17, 15) is 14.7 Å². The van der Waals surface area contributed by atoms with E-state index in [0.717, 1.165) is 53.9 Å². The molecule has 284 valence electrons. The second-order valence-corrected chi connectivity index (χ2v) is 16.0. The molecule has 2 saturated heterocycles. The van der Waals surface area contributed by atoms with Gasteiger partial charge < -0.3 is 24.2 Å². The molecular formula is C42H46N8O4S. The molecule has 2 aliphatic rings. The zero-order valence-electron chi connectivity index (χ0n) is 31.4. The Labute approximate surface area is 324 Å². The quantitative estimate of drug-likeness (QED) is 0.195. The van der Waals surface area contributed by atoms with E-state index in [0.29, 0.717) is 37.0 Å². The molecule has 2 fully saturated rings. The maximum atomic E-state index is 14.3. The third kappa shape index (κ3) is 7.64. The third-order valence-electron chi connectivity index (χ3n) is 11.1. The van der Waals surface area contributed by atoms with E-state index in [1.165, 1.54) is 21.3 Å². The van der Waals surface area contributed by atoms with Crippen molar-refractivity contribution in [2.75, 3.05) is 52.3 Å². The van der Waals surface area contributed by atoms with Crippen molar-refractivity contribution in [3.8, 4) is 22.0 Å². The Balaban J connectivity index is 0.916. The minimum Gasteiger partial charge on any atom is -0.497 e. The third-order valence-corrected chi connectivity index (χ3v) is 12.2. The molecule has 4 aromatic heterocycles. The molecule has 0 bridgehead atoms. The molecule has 1 amide bonds. The van der Waals surface area contributed by atoms with E-state index in [1.54, 1.807) is 24.5 Å². The van der Waals surface area contributed by atoms with E-state index < -0.39 is 5.60 Å². The van der Waals surface area contributed by atoms with Crippen LogP contribution in [0.2, 0.25) is 0 Å². The average Bonchev–Trinajstić information content (AvgIpc) is 3.87. The molecule has 0 radical (unpaired) electrons. The van der Waals surface area contributed by atoms with Crippen molar-refractivity contribution < 1.29 is 14.6 Å². The second kappa shape index (κ2) is 15.4. The van der Waals surface area contributed by atoms with Gasteiger partial charge in [-0.2, -0.15) is 0 Å². The normalized spacial score (nSPS) is 18.7. The van der Waals surface area contributed by atoms with Gasteiger partial charge in [0, 0.05) is 86.8 Å². The van der Waals surface area contributed by atoms with Crippen LogP contribution in [0.1, 0.15) is 35.6 Å². The van der Waals surface area contributed by atoms with Gasteiger partial charge in [0.25, 0.3) is 5.56 Å². The molecule has 2 atom stereocenters. The molecule has 0 saturated carbocycles. The lowest BCUT2D eigenvalue weighted by atomic mass is 9.79. The number of aromatic nitrogens is 5. The van der Waals surface area contributed by atoms with Gasteiger partial charge in [-0.15, -0.1) is 11.3 Å². The Hall–Kier alpha value is -5.37. The number of pyridine rings is 1. The summed E-state index contributed by atoms with van der Waals surface area (Å²) in [5, 5.41) is 13.2. The molecule has 13 heteroatoms. The number of ether oxygens (including phenoxy) is 1. The molecule has 12 nitrogen and oxygen atoms in total. The lowest BCUT2D eigenvalue weighted by Crippen LogP contribution is -2.53. The van der Waals surface area contributed by atoms with Crippen molar-refractivity contribution in [3.05, 3.63) is 119 Å². The van der Waals surface area contributed by atoms with E-state index in [4.69, 9.17) is 9.72 Å². The van der Waals surface area contributed by atoms with E-state index >= 15 is 0 Å². The number of hydrogen-bond donors (Lipinski definition) is 1. The van der Waals surface area contributed by atoms with Gasteiger partial charge in [0.15, 0.2) is 5.65 Å². The fraction of sp³-hybridized carbons (Fsp3) is 0.357. The standard InChI is InChI=1S/C42H46N8O4S/c1-46(2)37-14-9-30(23-43-37)39-44-24-33(55-39)25-47-19-15-34(36(26-47)29-7-5-4-6-8-29)40(51)48-21-17-42(53,18-22-48)27-49-28-45-38-35(41(49)52)16-20-50(38)31-10-12-32(54-3)13-11-31/h4-14,16,20,23-24,28,34,36,53H,15,17-19,21-22,25-27H2,1-3H3/t34-,36+/m1/s1. The Morgan fingerprint density at radius 2 is 1.75 bits per heavy atom. The van der Waals surface area contributed by atoms with Crippen LogP contribution in [0.15, 0.2) is 103 Å². The van der Waals surface area contributed by atoms with Gasteiger partial charge in [-0.25, -0.2) is 15.0 Å². The number of carbonyl (C=O) groups is 1. The maximum Gasteiger partial charge on any atom is 0.262 e. The Morgan fingerprint density at radius 1 is 0.964 bits per heavy atom. The highest BCUT2D eigenvalue weighted by atomic mass is 32.1. The van der Waals surface area contributed by atoms with Crippen LogP contribution < -0.4 is 15.2 Å². The Kier molecular flexibility index (Phi) is 10.2. The number of benzene rings is 2. The lowest BCUT2D eigenvalue weighted by Gasteiger charge is -2.43. The minimum atomic E-state index is -1.13. The summed E-state index contributed by atoms with van der Waals surface area (Å²) in [5.41, 5.74) is 2.26. The number of methoxy groups -OCH3 is 1. The first kappa shape index (κ1) is 36.6. The molecule has 0 unspecified atom stereocenters. The van der Waals surface area contributed by atoms with Crippen LogP contribution in [-0.2, 0) is 17.9 Å². The van der Waals surface area contributed by atoms with Gasteiger partial charge in [-0.3, -0.25) is 19.1 Å². The van der Waals surface area contributed by atoms with Crippen molar-refractivity contribution in [3.63, 3.8) is 0 Å². The van der Waals surface area contributed by atoms with Crippen LogP contribution in [-0.4, -0.2) is 97.9 Å². The first-order valence-electron chi connectivity index (χ1n) is 18.8. The molecule has 6 aromatic rings. The van der Waals surface area contributed by atoms with Gasteiger partial charge in [-0.1, -0.05) is 30.3 Å². The fourth-order valence-corrected chi connectivity index (χ4v) is 8.92. The van der Waals surface area contributed by atoms with E-state index in [2.05, 4.69) is 33.1 Å². The van der Waals surface area contributed by atoms with Gasteiger partial charge in [-0.05, 0) is 73.8 Å². The monoisotopic (exact) mass is 758 g/mol. The molecular weight excluding hydrogens is 713 g/mol. The number of rotatable bonds is 10. The van der Waals surface area contributed by atoms with Crippen LogP contribution in [0, 0.1) is 5.92 Å². The molecule has 0 aliphatic carbocycles. The predicted octanol–water partition coefficient (Wildman–Crippen LogP) is 5.44. The highest BCUT2D eigenvalue weighted by molar-refractivity contribution is 7.15. The highest BCUT2D eigenvalue weighted by Gasteiger charge is 2.41. The summed E-state index contributed by atoms with van der Waals surface area (Å²) in [4.78, 5) is 49.3.